The minimum Gasteiger partial charge on any atom is -0.395 e. The first-order valence-corrected chi connectivity index (χ1v) is 6.28. The topological polar surface area (TPSA) is 56.7 Å². The van der Waals surface area contributed by atoms with Gasteiger partial charge in [-0.3, -0.25) is 4.79 Å². The van der Waals surface area contributed by atoms with Crippen LogP contribution in [0.25, 0.3) is 0 Å². The van der Waals surface area contributed by atoms with Gasteiger partial charge in [0.2, 0.25) is 5.91 Å². The van der Waals surface area contributed by atoms with Gasteiger partial charge in [0.15, 0.2) is 0 Å². The molecular weight excluding hydrogens is 266 g/mol. The van der Waals surface area contributed by atoms with Gasteiger partial charge in [0, 0.05) is 26.3 Å². The van der Waals surface area contributed by atoms with E-state index in [1.54, 1.807) is 35.1 Å². The van der Waals surface area contributed by atoms with E-state index in [-0.39, 0.29) is 19.1 Å². The summed E-state index contributed by atoms with van der Waals surface area (Å²) in [5.74, 6) is 0.577. The SMILES string of the molecule is C=CCN(CCO)C(=O)CN(C)c1ccc(Cl)cn1. The third-order valence-electron chi connectivity index (χ3n) is 2.55. The molecule has 0 aliphatic carbocycles. The Morgan fingerprint density at radius 3 is 2.84 bits per heavy atom. The van der Waals surface area contributed by atoms with Crippen molar-refractivity contribution < 1.29 is 9.90 Å². The summed E-state index contributed by atoms with van der Waals surface area (Å²) in [7, 11) is 1.78. The highest BCUT2D eigenvalue weighted by molar-refractivity contribution is 6.30. The molecule has 0 bridgehead atoms. The van der Waals surface area contributed by atoms with Crippen LogP contribution in [0, 0.1) is 0 Å². The lowest BCUT2D eigenvalue weighted by Crippen LogP contribution is -2.40. The molecular formula is C13H18ClN3O2. The number of aromatic nitrogens is 1. The summed E-state index contributed by atoms with van der Waals surface area (Å²) in [5, 5.41) is 9.48. The predicted octanol–water partition coefficient (Wildman–Crippen LogP) is 1.18. The normalized spacial score (nSPS) is 10.1. The molecule has 104 valence electrons. The van der Waals surface area contributed by atoms with E-state index in [1.165, 1.54) is 6.20 Å². The van der Waals surface area contributed by atoms with Crippen LogP contribution in [-0.4, -0.2) is 54.2 Å². The number of carbonyl (C=O) groups is 1. The Bertz CT molecular complexity index is 422. The van der Waals surface area contributed by atoms with Crippen LogP contribution in [0.15, 0.2) is 31.0 Å². The van der Waals surface area contributed by atoms with Crippen LogP contribution in [-0.2, 0) is 4.79 Å². The number of carbonyl (C=O) groups excluding carboxylic acids is 1. The molecule has 0 aromatic carbocycles. The van der Waals surface area contributed by atoms with Crippen LogP contribution in [0.3, 0.4) is 0 Å². The molecule has 0 fully saturated rings. The number of pyridine rings is 1. The number of likely N-dealkylation sites (N-methyl/N-ethyl adjacent to an activating group) is 1. The molecule has 1 aromatic heterocycles. The lowest BCUT2D eigenvalue weighted by Gasteiger charge is -2.24. The molecule has 1 aromatic rings. The molecule has 1 N–H and O–H groups in total. The molecule has 0 atom stereocenters. The summed E-state index contributed by atoms with van der Waals surface area (Å²) in [6.07, 6.45) is 3.17. The number of anilines is 1. The van der Waals surface area contributed by atoms with Crippen LogP contribution in [0.5, 0.6) is 0 Å². The number of aliphatic hydroxyl groups excluding tert-OH is 1. The lowest BCUT2D eigenvalue weighted by atomic mass is 10.3. The first-order chi connectivity index (χ1) is 9.08. The summed E-state index contributed by atoms with van der Waals surface area (Å²) in [5.41, 5.74) is 0. The number of hydrogen-bond donors (Lipinski definition) is 1. The zero-order chi connectivity index (χ0) is 14.3. The Balaban J connectivity index is 2.63. The molecule has 1 amide bonds. The van der Waals surface area contributed by atoms with Gasteiger partial charge in [0.25, 0.3) is 0 Å². The number of aliphatic hydroxyl groups is 1. The molecule has 0 radical (unpaired) electrons. The van der Waals surface area contributed by atoms with Crippen molar-refractivity contribution in [2.45, 2.75) is 0 Å². The summed E-state index contributed by atoms with van der Waals surface area (Å²) in [4.78, 5) is 19.5. The van der Waals surface area contributed by atoms with Crippen molar-refractivity contribution in [3.63, 3.8) is 0 Å². The van der Waals surface area contributed by atoms with Crippen molar-refractivity contribution in [3.05, 3.63) is 36.0 Å². The molecule has 1 heterocycles. The summed E-state index contributed by atoms with van der Waals surface area (Å²) in [6, 6.07) is 3.47. The van der Waals surface area contributed by atoms with Gasteiger partial charge in [0.1, 0.15) is 5.82 Å². The standard InChI is InChI=1S/C13H18ClN3O2/c1-3-6-17(7-8-18)13(19)10-16(2)12-5-4-11(14)9-15-12/h3-5,9,18H,1,6-8,10H2,2H3. The molecule has 0 aliphatic heterocycles. The monoisotopic (exact) mass is 283 g/mol. The predicted molar refractivity (Wildman–Crippen MR) is 76.4 cm³/mol. The van der Waals surface area contributed by atoms with E-state index >= 15 is 0 Å². The zero-order valence-electron chi connectivity index (χ0n) is 10.9. The average molecular weight is 284 g/mol. The molecule has 0 spiro atoms. The van der Waals surface area contributed by atoms with Gasteiger partial charge >= 0.3 is 0 Å². The molecule has 0 aliphatic rings. The Morgan fingerprint density at radius 2 is 2.32 bits per heavy atom. The molecule has 1 rings (SSSR count). The Morgan fingerprint density at radius 1 is 1.58 bits per heavy atom. The van der Waals surface area contributed by atoms with Crippen LogP contribution >= 0.6 is 11.6 Å². The van der Waals surface area contributed by atoms with Crippen molar-refractivity contribution in [2.75, 3.05) is 38.2 Å². The fourth-order valence-corrected chi connectivity index (χ4v) is 1.68. The molecule has 0 saturated carbocycles. The average Bonchev–Trinajstić information content (AvgIpc) is 2.39. The van der Waals surface area contributed by atoms with Gasteiger partial charge in [-0.1, -0.05) is 17.7 Å². The van der Waals surface area contributed by atoms with E-state index in [0.717, 1.165) is 0 Å². The number of amides is 1. The number of rotatable bonds is 7. The van der Waals surface area contributed by atoms with Crippen molar-refractivity contribution in [1.82, 2.24) is 9.88 Å². The Kier molecular flexibility index (Phi) is 6.32. The van der Waals surface area contributed by atoms with Gasteiger partial charge in [-0.05, 0) is 12.1 Å². The molecule has 0 unspecified atom stereocenters. The highest BCUT2D eigenvalue weighted by atomic mass is 35.5. The zero-order valence-corrected chi connectivity index (χ0v) is 11.7. The largest absolute Gasteiger partial charge is 0.395 e. The minimum atomic E-state index is -0.0896. The van der Waals surface area contributed by atoms with Gasteiger partial charge in [-0.25, -0.2) is 4.98 Å². The van der Waals surface area contributed by atoms with Crippen molar-refractivity contribution in [2.24, 2.45) is 0 Å². The maximum Gasteiger partial charge on any atom is 0.242 e. The van der Waals surface area contributed by atoms with Crippen molar-refractivity contribution in [1.29, 1.82) is 0 Å². The highest BCUT2D eigenvalue weighted by Gasteiger charge is 2.14. The number of nitrogens with zero attached hydrogens (tertiary/aromatic N) is 3. The molecule has 0 saturated heterocycles. The molecule has 19 heavy (non-hydrogen) atoms. The van der Waals surface area contributed by atoms with Crippen LogP contribution < -0.4 is 4.90 Å². The van der Waals surface area contributed by atoms with E-state index in [1.807, 2.05) is 0 Å². The van der Waals surface area contributed by atoms with E-state index < -0.39 is 0 Å². The van der Waals surface area contributed by atoms with Crippen LogP contribution in [0.4, 0.5) is 5.82 Å². The Labute approximate surface area is 118 Å². The van der Waals surface area contributed by atoms with Crippen molar-refractivity contribution in [3.8, 4) is 0 Å². The second kappa shape index (κ2) is 7.76. The van der Waals surface area contributed by atoms with E-state index in [9.17, 15) is 4.79 Å². The summed E-state index contributed by atoms with van der Waals surface area (Å²) >= 11 is 5.76. The first-order valence-electron chi connectivity index (χ1n) is 5.90. The number of hydrogen-bond acceptors (Lipinski definition) is 4. The van der Waals surface area contributed by atoms with E-state index in [2.05, 4.69) is 11.6 Å². The van der Waals surface area contributed by atoms with Crippen LogP contribution in [0.1, 0.15) is 0 Å². The third kappa shape index (κ3) is 4.89. The third-order valence-corrected chi connectivity index (χ3v) is 2.77. The maximum absolute atomic E-state index is 12.0. The smallest absolute Gasteiger partial charge is 0.242 e. The second-order valence-corrected chi connectivity index (χ2v) is 4.48. The van der Waals surface area contributed by atoms with Crippen molar-refractivity contribution >= 4 is 23.3 Å². The fourth-order valence-electron chi connectivity index (χ4n) is 1.57. The Hall–Kier alpha value is -1.59. The molecule has 5 nitrogen and oxygen atoms in total. The van der Waals surface area contributed by atoms with Gasteiger partial charge in [-0.15, -0.1) is 6.58 Å². The highest BCUT2D eigenvalue weighted by Crippen LogP contribution is 2.12. The fraction of sp³-hybridized carbons (Fsp3) is 0.385. The van der Waals surface area contributed by atoms with Gasteiger partial charge in [-0.2, -0.15) is 0 Å². The first kappa shape index (κ1) is 15.5. The second-order valence-electron chi connectivity index (χ2n) is 4.04. The van der Waals surface area contributed by atoms with Gasteiger partial charge in [0.05, 0.1) is 18.2 Å². The van der Waals surface area contributed by atoms with E-state index in [0.29, 0.717) is 23.9 Å². The quantitative estimate of drug-likeness (QED) is 0.764. The minimum absolute atomic E-state index is 0.0670. The van der Waals surface area contributed by atoms with Crippen LogP contribution in [0.2, 0.25) is 5.02 Å². The summed E-state index contributed by atoms with van der Waals surface area (Å²) in [6.45, 7) is 4.43. The lowest BCUT2D eigenvalue weighted by molar-refractivity contribution is -0.129. The van der Waals surface area contributed by atoms with E-state index in [4.69, 9.17) is 16.7 Å². The molecule has 6 heteroatoms. The number of halogens is 1. The summed E-state index contributed by atoms with van der Waals surface area (Å²) < 4.78 is 0. The maximum atomic E-state index is 12.0. The van der Waals surface area contributed by atoms with Gasteiger partial charge < -0.3 is 14.9 Å².